The third-order valence-electron chi connectivity index (χ3n) is 6.24. The smallest absolute Gasteiger partial charge is 0.246 e. The minimum atomic E-state index is -3.65. The van der Waals surface area contributed by atoms with Gasteiger partial charge in [0.25, 0.3) is 0 Å². The first-order chi connectivity index (χ1) is 15.4. The van der Waals surface area contributed by atoms with E-state index in [0.717, 1.165) is 25.7 Å². The number of hydrogen-bond acceptors (Lipinski definition) is 6. The van der Waals surface area contributed by atoms with Crippen molar-refractivity contribution in [2.75, 3.05) is 57.7 Å². The van der Waals surface area contributed by atoms with Gasteiger partial charge in [-0.25, -0.2) is 8.42 Å². The van der Waals surface area contributed by atoms with Crippen LogP contribution < -0.4 is 10.1 Å². The molecule has 0 bridgehead atoms. The van der Waals surface area contributed by atoms with Gasteiger partial charge in [-0.2, -0.15) is 4.31 Å². The van der Waals surface area contributed by atoms with Crippen LogP contribution in [-0.2, 0) is 19.6 Å². The largest absolute Gasteiger partial charge is 0.492 e. The number of piperazine rings is 1. The second-order valence-electron chi connectivity index (χ2n) is 8.54. The highest BCUT2D eigenvalue weighted by Gasteiger charge is 2.35. The number of nitrogens with one attached hydrogen (secondary N) is 1. The second-order valence-corrected chi connectivity index (χ2v) is 10.4. The summed E-state index contributed by atoms with van der Waals surface area (Å²) in [7, 11) is -3.65. The number of rotatable bonds is 8. The summed E-state index contributed by atoms with van der Waals surface area (Å²) in [6.07, 6.45) is 3.68. The average molecular weight is 465 g/mol. The highest BCUT2D eigenvalue weighted by atomic mass is 32.2. The van der Waals surface area contributed by atoms with Crippen molar-refractivity contribution in [2.45, 2.75) is 37.5 Å². The van der Waals surface area contributed by atoms with Gasteiger partial charge in [-0.3, -0.25) is 9.59 Å². The first-order valence-corrected chi connectivity index (χ1v) is 12.9. The van der Waals surface area contributed by atoms with Crippen LogP contribution in [0.1, 0.15) is 32.6 Å². The molecule has 2 saturated heterocycles. The van der Waals surface area contributed by atoms with Crippen molar-refractivity contribution in [3.05, 3.63) is 18.2 Å². The second kappa shape index (κ2) is 9.66. The van der Waals surface area contributed by atoms with Crippen LogP contribution in [-0.4, -0.2) is 86.8 Å². The summed E-state index contributed by atoms with van der Waals surface area (Å²) < 4.78 is 33.3. The van der Waals surface area contributed by atoms with Gasteiger partial charge >= 0.3 is 0 Å². The van der Waals surface area contributed by atoms with Crippen LogP contribution >= 0.6 is 0 Å². The van der Waals surface area contributed by atoms with E-state index in [9.17, 15) is 18.0 Å². The highest BCUT2D eigenvalue weighted by Crippen LogP contribution is 2.32. The van der Waals surface area contributed by atoms with Gasteiger partial charge in [0.2, 0.25) is 21.8 Å². The molecule has 2 heterocycles. The summed E-state index contributed by atoms with van der Waals surface area (Å²) in [5.41, 5.74) is 0.558. The molecule has 2 aliphatic heterocycles. The Balaban J connectivity index is 1.37. The molecule has 0 spiro atoms. The standard InChI is InChI=1S/C22H32N4O5S/c1-2-31-19-8-7-18(15-20(19)32(29,30)26-9-3-4-10-26)23-16-21(27)24-11-13-25(14-12-24)22(28)17-5-6-17/h7-8,15,17,23H,2-6,9-14,16H2,1H3. The quantitative estimate of drug-likeness (QED) is 0.624. The lowest BCUT2D eigenvalue weighted by atomic mass is 10.2. The molecule has 176 valence electrons. The Morgan fingerprint density at radius 1 is 1.03 bits per heavy atom. The molecule has 0 atom stereocenters. The van der Waals surface area contributed by atoms with Crippen LogP contribution in [0.15, 0.2) is 23.1 Å². The molecule has 1 aromatic carbocycles. The van der Waals surface area contributed by atoms with Crippen molar-refractivity contribution in [1.29, 1.82) is 0 Å². The van der Waals surface area contributed by atoms with E-state index in [4.69, 9.17) is 4.74 Å². The first-order valence-electron chi connectivity index (χ1n) is 11.5. The zero-order chi connectivity index (χ0) is 22.7. The number of sulfonamides is 1. The lowest BCUT2D eigenvalue weighted by Gasteiger charge is -2.35. The number of anilines is 1. The molecule has 1 aromatic rings. The van der Waals surface area contributed by atoms with E-state index < -0.39 is 10.0 Å². The molecule has 9 nitrogen and oxygen atoms in total. The number of hydrogen-bond donors (Lipinski definition) is 1. The molecule has 1 N–H and O–H groups in total. The fourth-order valence-electron chi connectivity index (χ4n) is 4.22. The summed E-state index contributed by atoms with van der Waals surface area (Å²) in [4.78, 5) is 28.6. The van der Waals surface area contributed by atoms with E-state index in [1.165, 1.54) is 4.31 Å². The van der Waals surface area contributed by atoms with Crippen LogP contribution in [0.5, 0.6) is 5.75 Å². The van der Waals surface area contributed by atoms with Crippen molar-refractivity contribution < 1.29 is 22.7 Å². The minimum absolute atomic E-state index is 0.0632. The molecule has 32 heavy (non-hydrogen) atoms. The maximum atomic E-state index is 13.1. The number of amides is 2. The third kappa shape index (κ3) is 5.01. The molecule has 10 heteroatoms. The maximum absolute atomic E-state index is 13.1. The molecule has 3 fully saturated rings. The van der Waals surface area contributed by atoms with E-state index in [2.05, 4.69) is 5.32 Å². The van der Waals surface area contributed by atoms with E-state index in [1.54, 1.807) is 23.1 Å². The monoisotopic (exact) mass is 464 g/mol. The van der Waals surface area contributed by atoms with Gasteiger partial charge < -0.3 is 19.9 Å². The molecule has 3 aliphatic rings. The Morgan fingerprint density at radius 2 is 1.69 bits per heavy atom. The molecular weight excluding hydrogens is 432 g/mol. The lowest BCUT2D eigenvalue weighted by Crippen LogP contribution is -2.52. The lowest BCUT2D eigenvalue weighted by molar-refractivity contribution is -0.139. The molecule has 2 amide bonds. The summed E-state index contributed by atoms with van der Waals surface area (Å²) >= 11 is 0. The fraction of sp³-hybridized carbons (Fsp3) is 0.636. The number of benzene rings is 1. The summed E-state index contributed by atoms with van der Waals surface area (Å²) in [5, 5.41) is 3.07. The number of carbonyl (C=O) groups excluding carboxylic acids is 2. The Bertz CT molecular complexity index is 949. The van der Waals surface area contributed by atoms with Gasteiger partial charge in [0, 0.05) is 50.9 Å². The third-order valence-corrected chi connectivity index (χ3v) is 8.16. The Labute approximate surface area is 189 Å². The van der Waals surface area contributed by atoms with Crippen molar-refractivity contribution >= 4 is 27.5 Å². The first kappa shape index (κ1) is 22.8. The van der Waals surface area contributed by atoms with Gasteiger partial charge in [0.05, 0.1) is 13.2 Å². The number of nitrogens with zero attached hydrogens (tertiary/aromatic N) is 3. The van der Waals surface area contributed by atoms with E-state index >= 15 is 0 Å². The molecule has 0 unspecified atom stereocenters. The van der Waals surface area contributed by atoms with Crippen molar-refractivity contribution in [1.82, 2.24) is 14.1 Å². The normalized spacial score (nSPS) is 19.8. The highest BCUT2D eigenvalue weighted by molar-refractivity contribution is 7.89. The maximum Gasteiger partial charge on any atom is 0.246 e. The zero-order valence-corrected chi connectivity index (χ0v) is 19.4. The van der Waals surface area contributed by atoms with E-state index in [-0.39, 0.29) is 29.2 Å². The van der Waals surface area contributed by atoms with Crippen LogP contribution in [0.2, 0.25) is 0 Å². The molecule has 0 aromatic heterocycles. The topological polar surface area (TPSA) is 99.3 Å². The summed E-state index contributed by atoms with van der Waals surface area (Å²) in [6, 6.07) is 4.92. The number of carbonyl (C=O) groups is 2. The summed E-state index contributed by atoms with van der Waals surface area (Å²) in [6.45, 7) is 5.46. The van der Waals surface area contributed by atoms with Gasteiger partial charge in [0.1, 0.15) is 10.6 Å². The van der Waals surface area contributed by atoms with Crippen LogP contribution in [0.3, 0.4) is 0 Å². The van der Waals surface area contributed by atoms with Gasteiger partial charge in [0.15, 0.2) is 0 Å². The molecule has 0 radical (unpaired) electrons. The molecule has 4 rings (SSSR count). The Hall–Kier alpha value is -2.33. The Kier molecular flexibility index (Phi) is 6.90. The van der Waals surface area contributed by atoms with Gasteiger partial charge in [-0.15, -0.1) is 0 Å². The average Bonchev–Trinajstić information content (AvgIpc) is 3.50. The molecule has 1 aliphatic carbocycles. The van der Waals surface area contributed by atoms with Crippen LogP contribution in [0.25, 0.3) is 0 Å². The van der Waals surface area contributed by atoms with E-state index in [0.29, 0.717) is 57.3 Å². The fourth-order valence-corrected chi connectivity index (χ4v) is 5.89. The summed E-state index contributed by atoms with van der Waals surface area (Å²) in [5.74, 6) is 0.676. The zero-order valence-electron chi connectivity index (χ0n) is 18.6. The van der Waals surface area contributed by atoms with Crippen LogP contribution in [0, 0.1) is 5.92 Å². The van der Waals surface area contributed by atoms with Crippen molar-refractivity contribution in [3.63, 3.8) is 0 Å². The minimum Gasteiger partial charge on any atom is -0.492 e. The number of ether oxygens (including phenoxy) is 1. The molecular formula is C22H32N4O5S. The predicted octanol–water partition coefficient (Wildman–Crippen LogP) is 1.36. The SMILES string of the molecule is CCOc1ccc(NCC(=O)N2CCN(C(=O)C3CC3)CC2)cc1S(=O)(=O)N1CCCC1. The Morgan fingerprint density at radius 3 is 2.31 bits per heavy atom. The van der Waals surface area contributed by atoms with E-state index in [1.807, 2.05) is 11.8 Å². The van der Waals surface area contributed by atoms with Crippen molar-refractivity contribution in [2.24, 2.45) is 5.92 Å². The van der Waals surface area contributed by atoms with Crippen molar-refractivity contribution in [3.8, 4) is 5.75 Å². The van der Waals surface area contributed by atoms with Gasteiger partial charge in [-0.05, 0) is 50.8 Å². The van der Waals surface area contributed by atoms with Gasteiger partial charge in [-0.1, -0.05) is 0 Å². The van der Waals surface area contributed by atoms with Crippen LogP contribution in [0.4, 0.5) is 5.69 Å². The predicted molar refractivity (Wildman–Crippen MR) is 120 cm³/mol. The molecule has 1 saturated carbocycles.